The van der Waals surface area contributed by atoms with E-state index in [1.807, 2.05) is 29.2 Å². The Morgan fingerprint density at radius 2 is 1.55 bits per heavy atom. The van der Waals surface area contributed by atoms with Crippen LogP contribution in [-0.2, 0) is 11.2 Å². The van der Waals surface area contributed by atoms with Crippen LogP contribution in [0.2, 0.25) is 0 Å². The minimum absolute atomic E-state index is 0.176. The highest BCUT2D eigenvalue weighted by Gasteiger charge is 2.23. The largest absolute Gasteiger partial charge is 0.508 e. The van der Waals surface area contributed by atoms with Crippen molar-refractivity contribution < 1.29 is 14.3 Å². The Hall–Kier alpha value is -2.60. The topological polar surface area (TPSA) is 47.0 Å². The van der Waals surface area contributed by atoms with E-state index in [2.05, 4.69) is 9.80 Å². The van der Waals surface area contributed by atoms with E-state index in [9.17, 15) is 14.3 Å². The van der Waals surface area contributed by atoms with Gasteiger partial charge in [-0.3, -0.25) is 4.79 Å². The van der Waals surface area contributed by atoms with Gasteiger partial charge in [0.15, 0.2) is 0 Å². The van der Waals surface area contributed by atoms with Crippen LogP contribution in [0, 0.1) is 11.7 Å². The molecule has 1 N–H and O–H groups in total. The Bertz CT molecular complexity index is 840. The normalized spacial score (nSPS) is 18.4. The first kappa shape index (κ1) is 21.6. The number of likely N-dealkylation sites (tertiary alicyclic amines) is 1. The summed E-state index contributed by atoms with van der Waals surface area (Å²) < 4.78 is 13.1. The van der Waals surface area contributed by atoms with Crippen molar-refractivity contribution in [3.05, 3.63) is 59.9 Å². The molecule has 0 bridgehead atoms. The Kier molecular flexibility index (Phi) is 7.07. The molecule has 0 atom stereocenters. The summed E-state index contributed by atoms with van der Waals surface area (Å²) in [6, 6.07) is 14.1. The molecule has 1 amide bonds. The molecule has 5 nitrogen and oxygen atoms in total. The summed E-state index contributed by atoms with van der Waals surface area (Å²) in [5, 5.41) is 9.44. The average Bonchev–Trinajstić information content (AvgIpc) is 2.80. The quantitative estimate of drug-likeness (QED) is 0.769. The third-order valence-electron chi connectivity index (χ3n) is 6.63. The smallest absolute Gasteiger partial charge is 0.223 e. The van der Waals surface area contributed by atoms with Crippen molar-refractivity contribution in [3.8, 4) is 5.75 Å². The lowest BCUT2D eigenvalue weighted by atomic mass is 9.90. The number of halogens is 1. The van der Waals surface area contributed by atoms with Crippen LogP contribution >= 0.6 is 0 Å². The van der Waals surface area contributed by atoms with E-state index in [-0.39, 0.29) is 17.5 Å². The fourth-order valence-corrected chi connectivity index (χ4v) is 4.66. The van der Waals surface area contributed by atoms with Crippen molar-refractivity contribution in [2.45, 2.75) is 25.7 Å². The van der Waals surface area contributed by atoms with Gasteiger partial charge >= 0.3 is 0 Å². The van der Waals surface area contributed by atoms with Crippen LogP contribution < -0.4 is 4.90 Å². The Balaban J connectivity index is 1.15. The highest BCUT2D eigenvalue weighted by molar-refractivity contribution is 5.76. The molecule has 31 heavy (non-hydrogen) atoms. The summed E-state index contributed by atoms with van der Waals surface area (Å²) in [5.41, 5.74) is 2.30. The van der Waals surface area contributed by atoms with Crippen LogP contribution in [0.4, 0.5) is 10.1 Å². The number of benzene rings is 2. The van der Waals surface area contributed by atoms with Crippen LogP contribution in [0.5, 0.6) is 5.75 Å². The van der Waals surface area contributed by atoms with Crippen molar-refractivity contribution in [1.29, 1.82) is 0 Å². The Morgan fingerprint density at radius 1 is 0.903 bits per heavy atom. The highest BCUT2D eigenvalue weighted by Crippen LogP contribution is 2.23. The van der Waals surface area contributed by atoms with Gasteiger partial charge in [0.2, 0.25) is 5.91 Å². The number of carbonyl (C=O) groups is 1. The number of nitrogens with zero attached hydrogens (tertiary/aromatic N) is 3. The molecule has 0 spiro atoms. The van der Waals surface area contributed by atoms with E-state index in [4.69, 9.17) is 0 Å². The summed E-state index contributed by atoms with van der Waals surface area (Å²) in [7, 11) is 0. The van der Waals surface area contributed by atoms with Gasteiger partial charge in [-0.25, -0.2) is 4.39 Å². The minimum Gasteiger partial charge on any atom is -0.508 e. The molecule has 166 valence electrons. The second-order valence-electron chi connectivity index (χ2n) is 8.75. The fourth-order valence-electron chi connectivity index (χ4n) is 4.66. The molecule has 2 aromatic rings. The fraction of sp³-hybridized carbons (Fsp3) is 0.480. The van der Waals surface area contributed by atoms with E-state index >= 15 is 0 Å². The molecule has 6 heteroatoms. The third-order valence-corrected chi connectivity index (χ3v) is 6.63. The van der Waals surface area contributed by atoms with Gasteiger partial charge in [-0.15, -0.1) is 0 Å². The number of piperazine rings is 1. The Labute approximate surface area is 184 Å². The van der Waals surface area contributed by atoms with Crippen LogP contribution in [0.15, 0.2) is 48.5 Å². The molecular weight excluding hydrogens is 393 g/mol. The molecule has 0 saturated carbocycles. The number of piperidine rings is 1. The highest BCUT2D eigenvalue weighted by atomic mass is 19.1. The molecule has 2 aliphatic rings. The molecule has 0 aliphatic carbocycles. The number of hydrogen-bond donors (Lipinski definition) is 1. The van der Waals surface area contributed by atoms with Crippen molar-refractivity contribution in [1.82, 2.24) is 9.80 Å². The molecule has 2 saturated heterocycles. The van der Waals surface area contributed by atoms with Gasteiger partial charge in [0, 0.05) is 44.8 Å². The van der Waals surface area contributed by atoms with Crippen LogP contribution in [0.1, 0.15) is 24.8 Å². The molecular formula is C25H32FN3O2. The number of anilines is 1. The predicted octanol–water partition coefficient (Wildman–Crippen LogP) is 3.52. The number of aromatic hydroxyl groups is 1. The van der Waals surface area contributed by atoms with Crippen LogP contribution in [0.3, 0.4) is 0 Å². The number of carbonyl (C=O) groups excluding carboxylic acids is 1. The molecule has 0 radical (unpaired) electrons. The van der Waals surface area contributed by atoms with E-state index in [0.717, 1.165) is 70.8 Å². The van der Waals surface area contributed by atoms with E-state index < -0.39 is 0 Å². The zero-order valence-corrected chi connectivity index (χ0v) is 18.0. The molecule has 2 aromatic carbocycles. The molecule has 2 fully saturated rings. The van der Waals surface area contributed by atoms with Crippen molar-refractivity contribution in [2.24, 2.45) is 5.92 Å². The minimum atomic E-state index is -0.176. The zero-order valence-electron chi connectivity index (χ0n) is 18.0. The summed E-state index contributed by atoms with van der Waals surface area (Å²) in [6.07, 6.45) is 3.87. The summed E-state index contributed by atoms with van der Waals surface area (Å²) in [6.45, 7) is 6.05. The summed E-state index contributed by atoms with van der Waals surface area (Å²) >= 11 is 0. The number of phenols is 1. The van der Waals surface area contributed by atoms with Gasteiger partial charge in [-0.2, -0.15) is 0 Å². The first-order valence-corrected chi connectivity index (χ1v) is 11.4. The molecule has 2 aliphatic heterocycles. The lowest BCUT2D eigenvalue weighted by molar-refractivity contribution is -0.131. The molecule has 0 aromatic heterocycles. The van der Waals surface area contributed by atoms with Crippen molar-refractivity contribution >= 4 is 11.6 Å². The number of rotatable bonds is 6. The predicted molar refractivity (Wildman–Crippen MR) is 121 cm³/mol. The third kappa shape index (κ3) is 5.97. The zero-order chi connectivity index (χ0) is 21.6. The van der Waals surface area contributed by atoms with E-state index in [0.29, 0.717) is 12.3 Å². The Morgan fingerprint density at radius 3 is 2.19 bits per heavy atom. The maximum Gasteiger partial charge on any atom is 0.223 e. The first-order chi connectivity index (χ1) is 15.1. The van der Waals surface area contributed by atoms with Gasteiger partial charge in [0.05, 0.1) is 0 Å². The number of phenolic OH excluding ortho intramolecular Hbond substituents is 1. The van der Waals surface area contributed by atoms with Gasteiger partial charge in [-0.05, 0) is 80.2 Å². The van der Waals surface area contributed by atoms with Crippen molar-refractivity contribution in [3.63, 3.8) is 0 Å². The van der Waals surface area contributed by atoms with Gasteiger partial charge < -0.3 is 19.8 Å². The molecule has 0 unspecified atom stereocenters. The van der Waals surface area contributed by atoms with Crippen molar-refractivity contribution in [2.75, 3.05) is 50.7 Å². The SMILES string of the molecule is O=C(CCN1CCC(Cc2ccc(F)cc2)CC1)N1CCN(c2ccc(O)cc2)CC1. The average molecular weight is 426 g/mol. The number of amides is 1. The van der Waals surface area contributed by atoms with Gasteiger partial charge in [0.25, 0.3) is 0 Å². The molecule has 2 heterocycles. The van der Waals surface area contributed by atoms with Crippen LogP contribution in [-0.4, -0.2) is 66.6 Å². The lowest BCUT2D eigenvalue weighted by Crippen LogP contribution is -2.49. The van der Waals surface area contributed by atoms with Gasteiger partial charge in [-0.1, -0.05) is 12.1 Å². The first-order valence-electron chi connectivity index (χ1n) is 11.4. The lowest BCUT2D eigenvalue weighted by Gasteiger charge is -2.37. The second-order valence-corrected chi connectivity index (χ2v) is 8.75. The monoisotopic (exact) mass is 425 g/mol. The van der Waals surface area contributed by atoms with Gasteiger partial charge in [0.1, 0.15) is 11.6 Å². The summed E-state index contributed by atoms with van der Waals surface area (Å²) in [4.78, 5) is 19.3. The maximum absolute atomic E-state index is 13.1. The van der Waals surface area contributed by atoms with Crippen LogP contribution in [0.25, 0.3) is 0 Å². The molecule has 4 rings (SSSR count). The van der Waals surface area contributed by atoms with E-state index in [1.54, 1.807) is 24.3 Å². The summed E-state index contributed by atoms with van der Waals surface area (Å²) in [5.74, 6) is 0.992. The standard InChI is InChI=1S/C25H32FN3O2/c26-22-3-1-20(2-4-22)19-21-9-12-27(13-10-21)14-11-25(31)29-17-15-28(16-18-29)23-5-7-24(30)8-6-23/h1-8,21,30H,9-19H2. The van der Waals surface area contributed by atoms with E-state index in [1.165, 1.54) is 5.56 Å². The maximum atomic E-state index is 13.1. The number of hydrogen-bond acceptors (Lipinski definition) is 4. The second kappa shape index (κ2) is 10.1.